The molecule has 1 atom stereocenters. The fourth-order valence-corrected chi connectivity index (χ4v) is 2.42. The van der Waals surface area contributed by atoms with Crippen molar-refractivity contribution in [2.45, 2.75) is 45.3 Å². The zero-order chi connectivity index (χ0) is 13.4. The van der Waals surface area contributed by atoms with Crippen LogP contribution in [0.3, 0.4) is 0 Å². The van der Waals surface area contributed by atoms with Crippen molar-refractivity contribution >= 4 is 0 Å². The summed E-state index contributed by atoms with van der Waals surface area (Å²) < 4.78 is 11.1. The molecule has 0 saturated carbocycles. The van der Waals surface area contributed by atoms with Gasteiger partial charge in [0.1, 0.15) is 0 Å². The van der Waals surface area contributed by atoms with Gasteiger partial charge in [0.25, 0.3) is 0 Å². The molecule has 0 aromatic heterocycles. The van der Waals surface area contributed by atoms with Crippen molar-refractivity contribution in [1.82, 2.24) is 10.2 Å². The third-order valence-electron chi connectivity index (χ3n) is 3.86. The van der Waals surface area contributed by atoms with E-state index in [1.807, 2.05) is 0 Å². The lowest BCUT2D eigenvalue weighted by Crippen LogP contribution is -2.49. The molecule has 0 radical (unpaired) electrons. The molecule has 1 aliphatic heterocycles. The van der Waals surface area contributed by atoms with Gasteiger partial charge in [-0.25, -0.2) is 0 Å². The van der Waals surface area contributed by atoms with Crippen molar-refractivity contribution in [3.63, 3.8) is 0 Å². The summed E-state index contributed by atoms with van der Waals surface area (Å²) in [5, 5.41) is 3.55. The van der Waals surface area contributed by atoms with E-state index >= 15 is 0 Å². The number of likely N-dealkylation sites (N-methyl/N-ethyl adjacent to an activating group) is 1. The molecule has 1 aliphatic rings. The van der Waals surface area contributed by atoms with Gasteiger partial charge >= 0.3 is 0 Å². The molecule has 0 aromatic rings. The minimum Gasteiger partial charge on any atom is -0.380 e. The Balaban J connectivity index is 2.40. The van der Waals surface area contributed by atoms with E-state index in [2.05, 4.69) is 31.0 Å². The van der Waals surface area contributed by atoms with Crippen LogP contribution in [0.15, 0.2) is 0 Å². The van der Waals surface area contributed by atoms with Crippen molar-refractivity contribution < 1.29 is 9.47 Å². The molecule has 1 fully saturated rings. The SMILES string of the molecule is CCNC(CCN1CCCOCC1)C(C)(C)OC. The molecular formula is C14H30N2O2. The van der Waals surface area contributed by atoms with Crippen molar-refractivity contribution in [1.29, 1.82) is 0 Å². The maximum atomic E-state index is 5.61. The van der Waals surface area contributed by atoms with Gasteiger partial charge in [0.05, 0.1) is 12.2 Å². The fraction of sp³-hybridized carbons (Fsp3) is 1.00. The molecule has 1 heterocycles. The van der Waals surface area contributed by atoms with Crippen molar-refractivity contribution in [3.8, 4) is 0 Å². The smallest absolute Gasteiger partial charge is 0.0775 e. The maximum absolute atomic E-state index is 5.61. The monoisotopic (exact) mass is 258 g/mol. The van der Waals surface area contributed by atoms with Crippen LogP contribution in [0.1, 0.15) is 33.6 Å². The van der Waals surface area contributed by atoms with Crippen LogP contribution in [0.5, 0.6) is 0 Å². The standard InChI is InChI=1S/C14H30N2O2/c1-5-15-13(14(2,3)17-4)7-9-16-8-6-11-18-12-10-16/h13,15H,5-12H2,1-4H3. The van der Waals surface area contributed by atoms with Crippen LogP contribution in [0, 0.1) is 0 Å². The first kappa shape index (κ1) is 15.9. The second kappa shape index (κ2) is 8.10. The van der Waals surface area contributed by atoms with Gasteiger partial charge in [0, 0.05) is 32.8 Å². The van der Waals surface area contributed by atoms with Gasteiger partial charge in [0.2, 0.25) is 0 Å². The molecule has 1 N–H and O–H groups in total. The van der Waals surface area contributed by atoms with Gasteiger partial charge in [-0.05, 0) is 39.8 Å². The van der Waals surface area contributed by atoms with Gasteiger partial charge < -0.3 is 19.7 Å². The topological polar surface area (TPSA) is 33.7 Å². The average molecular weight is 258 g/mol. The Morgan fingerprint density at radius 1 is 1.33 bits per heavy atom. The van der Waals surface area contributed by atoms with E-state index in [0.717, 1.165) is 52.2 Å². The van der Waals surface area contributed by atoms with E-state index in [4.69, 9.17) is 9.47 Å². The minimum absolute atomic E-state index is 0.113. The lowest BCUT2D eigenvalue weighted by atomic mass is 9.95. The summed E-state index contributed by atoms with van der Waals surface area (Å²) in [6, 6.07) is 0.400. The first-order chi connectivity index (χ1) is 8.60. The van der Waals surface area contributed by atoms with Crippen LogP contribution in [0.2, 0.25) is 0 Å². The van der Waals surface area contributed by atoms with E-state index in [-0.39, 0.29) is 5.60 Å². The van der Waals surface area contributed by atoms with E-state index in [1.165, 1.54) is 0 Å². The highest BCUT2D eigenvalue weighted by Gasteiger charge is 2.28. The molecule has 4 nitrogen and oxygen atoms in total. The second-order valence-electron chi connectivity index (χ2n) is 5.51. The lowest BCUT2D eigenvalue weighted by molar-refractivity contribution is -0.0144. The second-order valence-corrected chi connectivity index (χ2v) is 5.51. The molecule has 0 spiro atoms. The first-order valence-electron chi connectivity index (χ1n) is 7.18. The Morgan fingerprint density at radius 2 is 2.11 bits per heavy atom. The molecule has 0 aromatic carbocycles. The van der Waals surface area contributed by atoms with Gasteiger partial charge in [0.15, 0.2) is 0 Å². The third-order valence-corrected chi connectivity index (χ3v) is 3.86. The van der Waals surface area contributed by atoms with E-state index < -0.39 is 0 Å². The quantitative estimate of drug-likeness (QED) is 0.750. The summed E-state index contributed by atoms with van der Waals surface area (Å²) in [4.78, 5) is 2.50. The highest BCUT2D eigenvalue weighted by molar-refractivity contribution is 4.86. The van der Waals surface area contributed by atoms with Gasteiger partial charge in [-0.1, -0.05) is 6.92 Å². The van der Waals surface area contributed by atoms with Crippen LogP contribution in [-0.2, 0) is 9.47 Å². The molecule has 18 heavy (non-hydrogen) atoms. The van der Waals surface area contributed by atoms with Crippen LogP contribution >= 0.6 is 0 Å². The highest BCUT2D eigenvalue weighted by atomic mass is 16.5. The largest absolute Gasteiger partial charge is 0.380 e. The fourth-order valence-electron chi connectivity index (χ4n) is 2.42. The molecule has 1 rings (SSSR count). The van der Waals surface area contributed by atoms with E-state index in [1.54, 1.807) is 7.11 Å². The average Bonchev–Trinajstić information content (AvgIpc) is 2.62. The number of nitrogens with zero attached hydrogens (tertiary/aromatic N) is 1. The molecule has 0 amide bonds. The Hall–Kier alpha value is -0.160. The van der Waals surface area contributed by atoms with Crippen molar-refractivity contribution in [2.75, 3.05) is 46.5 Å². The summed E-state index contributed by atoms with van der Waals surface area (Å²) in [5.41, 5.74) is -0.113. The number of nitrogens with one attached hydrogen (secondary N) is 1. The molecule has 4 heteroatoms. The van der Waals surface area contributed by atoms with Crippen molar-refractivity contribution in [2.24, 2.45) is 0 Å². The predicted octanol–water partition coefficient (Wildman–Crippen LogP) is 1.50. The zero-order valence-corrected chi connectivity index (χ0v) is 12.5. The third kappa shape index (κ3) is 5.22. The van der Waals surface area contributed by atoms with Crippen LogP contribution in [-0.4, -0.2) is 63.0 Å². The molecule has 108 valence electrons. The Morgan fingerprint density at radius 3 is 2.78 bits per heavy atom. The predicted molar refractivity (Wildman–Crippen MR) is 75.0 cm³/mol. The summed E-state index contributed by atoms with van der Waals surface area (Å²) in [6.45, 7) is 12.6. The maximum Gasteiger partial charge on any atom is 0.0775 e. The van der Waals surface area contributed by atoms with E-state index in [9.17, 15) is 0 Å². The lowest BCUT2D eigenvalue weighted by Gasteiger charge is -2.35. The zero-order valence-electron chi connectivity index (χ0n) is 12.5. The Labute approximate surface area is 112 Å². The van der Waals surface area contributed by atoms with Gasteiger partial charge in [-0.15, -0.1) is 0 Å². The first-order valence-corrected chi connectivity index (χ1v) is 7.18. The number of rotatable bonds is 7. The molecule has 1 unspecified atom stereocenters. The Bertz CT molecular complexity index is 214. The minimum atomic E-state index is -0.113. The molecule has 0 bridgehead atoms. The summed E-state index contributed by atoms with van der Waals surface area (Å²) >= 11 is 0. The van der Waals surface area contributed by atoms with Crippen LogP contribution in [0.25, 0.3) is 0 Å². The molecular weight excluding hydrogens is 228 g/mol. The number of ether oxygens (including phenoxy) is 2. The Kier molecular flexibility index (Phi) is 7.15. The number of hydrogen-bond acceptors (Lipinski definition) is 4. The summed E-state index contributed by atoms with van der Waals surface area (Å²) in [5.74, 6) is 0. The summed E-state index contributed by atoms with van der Waals surface area (Å²) in [7, 11) is 1.80. The normalized spacial score (nSPS) is 20.7. The van der Waals surface area contributed by atoms with Crippen LogP contribution < -0.4 is 5.32 Å². The van der Waals surface area contributed by atoms with Crippen LogP contribution in [0.4, 0.5) is 0 Å². The van der Waals surface area contributed by atoms with Gasteiger partial charge in [-0.3, -0.25) is 0 Å². The van der Waals surface area contributed by atoms with Crippen molar-refractivity contribution in [3.05, 3.63) is 0 Å². The van der Waals surface area contributed by atoms with E-state index in [0.29, 0.717) is 6.04 Å². The number of hydrogen-bond donors (Lipinski definition) is 1. The highest BCUT2D eigenvalue weighted by Crippen LogP contribution is 2.17. The van der Waals surface area contributed by atoms with Gasteiger partial charge in [-0.2, -0.15) is 0 Å². The molecule has 1 saturated heterocycles. The molecule has 0 aliphatic carbocycles. The summed E-state index contributed by atoms with van der Waals surface area (Å²) in [6.07, 6.45) is 2.27. The number of methoxy groups -OCH3 is 1.